The molecule has 0 atom stereocenters. The van der Waals surface area contributed by atoms with Gasteiger partial charge >= 0.3 is 0 Å². The van der Waals surface area contributed by atoms with Gasteiger partial charge in [-0.1, -0.05) is 36.4 Å². The number of guanidine groups is 1. The topological polar surface area (TPSA) is 65.9 Å². The van der Waals surface area contributed by atoms with Gasteiger partial charge in [-0.05, 0) is 44.1 Å². The number of ether oxygens (including phenoxy) is 1. The highest BCUT2D eigenvalue weighted by Crippen LogP contribution is 2.25. The minimum Gasteiger partial charge on any atom is -0.491 e. The van der Waals surface area contributed by atoms with Gasteiger partial charge in [0.15, 0.2) is 5.96 Å². The maximum atomic E-state index is 9.63. The van der Waals surface area contributed by atoms with E-state index >= 15 is 0 Å². The van der Waals surface area contributed by atoms with E-state index in [1.54, 1.807) is 0 Å². The van der Waals surface area contributed by atoms with Gasteiger partial charge < -0.3 is 20.5 Å². The second-order valence-electron chi connectivity index (χ2n) is 6.74. The molecule has 5 nitrogen and oxygen atoms in total. The monoisotopic (exact) mass is 355 g/mol. The summed E-state index contributed by atoms with van der Waals surface area (Å²) in [6.45, 7) is 4.02. The van der Waals surface area contributed by atoms with Crippen LogP contribution >= 0.6 is 0 Å². The minimum atomic E-state index is -0.137. The lowest BCUT2D eigenvalue weighted by Crippen LogP contribution is -2.45. The summed E-state index contributed by atoms with van der Waals surface area (Å²) in [7, 11) is 0. The van der Waals surface area contributed by atoms with Crippen molar-refractivity contribution in [3.05, 3.63) is 42.5 Å². The molecule has 0 spiro atoms. The van der Waals surface area contributed by atoms with Crippen molar-refractivity contribution < 1.29 is 9.84 Å². The van der Waals surface area contributed by atoms with E-state index < -0.39 is 0 Å². The van der Waals surface area contributed by atoms with Gasteiger partial charge in [0.05, 0.1) is 12.6 Å². The van der Waals surface area contributed by atoms with Crippen LogP contribution in [-0.4, -0.2) is 42.9 Å². The molecular weight excluding hydrogens is 326 g/mol. The Labute approximate surface area is 155 Å². The first-order valence-corrected chi connectivity index (χ1v) is 9.59. The van der Waals surface area contributed by atoms with Crippen LogP contribution in [0.5, 0.6) is 5.75 Å². The molecule has 3 N–H and O–H groups in total. The molecule has 1 saturated carbocycles. The van der Waals surface area contributed by atoms with E-state index in [4.69, 9.17) is 4.74 Å². The fraction of sp³-hybridized carbons (Fsp3) is 0.476. The van der Waals surface area contributed by atoms with E-state index in [0.29, 0.717) is 19.2 Å². The lowest BCUT2D eigenvalue weighted by Gasteiger charge is -2.27. The molecule has 0 aliphatic heterocycles. The maximum absolute atomic E-state index is 9.63. The van der Waals surface area contributed by atoms with Crippen LogP contribution in [0, 0.1) is 0 Å². The van der Waals surface area contributed by atoms with Crippen LogP contribution in [0.3, 0.4) is 0 Å². The first-order chi connectivity index (χ1) is 12.8. The highest BCUT2D eigenvalue weighted by atomic mass is 16.5. The van der Waals surface area contributed by atoms with E-state index in [-0.39, 0.29) is 6.10 Å². The van der Waals surface area contributed by atoms with Crippen LogP contribution in [-0.2, 0) is 0 Å². The number of aliphatic hydroxyl groups excluding tert-OH is 1. The van der Waals surface area contributed by atoms with Crippen LogP contribution in [0.4, 0.5) is 0 Å². The highest BCUT2D eigenvalue weighted by molar-refractivity contribution is 5.88. The predicted octanol–water partition coefficient (Wildman–Crippen LogP) is 3.08. The molecule has 0 saturated heterocycles. The molecule has 3 rings (SSSR count). The largest absolute Gasteiger partial charge is 0.491 e. The third kappa shape index (κ3) is 5.11. The average molecular weight is 355 g/mol. The summed E-state index contributed by atoms with van der Waals surface area (Å²) in [6.07, 6.45) is 3.56. The van der Waals surface area contributed by atoms with Gasteiger partial charge in [0, 0.05) is 18.0 Å². The molecule has 0 aromatic heterocycles. The smallest absolute Gasteiger partial charge is 0.191 e. The summed E-state index contributed by atoms with van der Waals surface area (Å²) in [5, 5.41) is 18.7. The van der Waals surface area contributed by atoms with E-state index in [1.165, 1.54) is 5.39 Å². The molecule has 1 aliphatic carbocycles. The Bertz CT molecular complexity index is 719. The van der Waals surface area contributed by atoms with Crippen molar-refractivity contribution >= 4 is 16.7 Å². The number of nitrogens with one attached hydrogen (secondary N) is 2. The Morgan fingerprint density at radius 2 is 1.88 bits per heavy atom. The number of aliphatic imine (C=N–C) groups is 1. The summed E-state index contributed by atoms with van der Waals surface area (Å²) >= 11 is 0. The quantitative estimate of drug-likeness (QED) is 0.423. The molecule has 5 heteroatoms. The van der Waals surface area contributed by atoms with Crippen LogP contribution in [0.2, 0.25) is 0 Å². The molecule has 1 aliphatic rings. The number of rotatable bonds is 6. The van der Waals surface area contributed by atoms with Gasteiger partial charge in [0.1, 0.15) is 12.4 Å². The fourth-order valence-corrected chi connectivity index (χ4v) is 3.37. The normalized spacial score (nSPS) is 20.8. The maximum Gasteiger partial charge on any atom is 0.191 e. The Hall–Kier alpha value is -2.27. The Kier molecular flexibility index (Phi) is 6.72. The van der Waals surface area contributed by atoms with Crippen molar-refractivity contribution in [3.63, 3.8) is 0 Å². The molecule has 2 aromatic rings. The predicted molar refractivity (Wildman–Crippen MR) is 107 cm³/mol. The zero-order chi connectivity index (χ0) is 18.2. The van der Waals surface area contributed by atoms with Gasteiger partial charge in [0.25, 0.3) is 0 Å². The lowest BCUT2D eigenvalue weighted by atomic mass is 9.93. The number of hydrogen-bond acceptors (Lipinski definition) is 3. The zero-order valence-electron chi connectivity index (χ0n) is 15.4. The van der Waals surface area contributed by atoms with Crippen molar-refractivity contribution in [3.8, 4) is 5.75 Å². The second kappa shape index (κ2) is 9.43. The lowest BCUT2D eigenvalue weighted by molar-refractivity contribution is 0.120. The third-order valence-corrected chi connectivity index (χ3v) is 4.75. The van der Waals surface area contributed by atoms with E-state index in [9.17, 15) is 5.11 Å². The molecule has 2 aromatic carbocycles. The zero-order valence-corrected chi connectivity index (χ0v) is 15.4. The van der Waals surface area contributed by atoms with E-state index in [2.05, 4.69) is 40.7 Å². The second-order valence-corrected chi connectivity index (χ2v) is 6.74. The minimum absolute atomic E-state index is 0.137. The highest BCUT2D eigenvalue weighted by Gasteiger charge is 2.19. The molecule has 140 valence electrons. The number of fused-ring (bicyclic) bond motifs is 1. The van der Waals surface area contributed by atoms with Crippen LogP contribution in [0.1, 0.15) is 32.6 Å². The SMILES string of the molecule is CCNC(=NCCOc1cccc2ccccc12)NC1CCC(O)CC1. The van der Waals surface area contributed by atoms with Gasteiger partial charge in [-0.2, -0.15) is 0 Å². The summed E-state index contributed by atoms with van der Waals surface area (Å²) in [5.74, 6) is 1.73. The Morgan fingerprint density at radius 3 is 2.69 bits per heavy atom. The molecule has 0 amide bonds. The molecule has 0 unspecified atom stereocenters. The van der Waals surface area contributed by atoms with Gasteiger partial charge in [-0.3, -0.25) is 0 Å². The fourth-order valence-electron chi connectivity index (χ4n) is 3.37. The van der Waals surface area contributed by atoms with Gasteiger partial charge in [0.2, 0.25) is 0 Å². The Balaban J connectivity index is 1.53. The molecular formula is C21H29N3O2. The van der Waals surface area contributed by atoms with Crippen molar-refractivity contribution in [1.82, 2.24) is 10.6 Å². The van der Waals surface area contributed by atoms with Crippen molar-refractivity contribution in [2.45, 2.75) is 44.8 Å². The number of benzene rings is 2. The van der Waals surface area contributed by atoms with Crippen molar-refractivity contribution in [1.29, 1.82) is 0 Å². The van der Waals surface area contributed by atoms with Crippen molar-refractivity contribution in [2.75, 3.05) is 19.7 Å². The van der Waals surface area contributed by atoms with Crippen LogP contribution in [0.25, 0.3) is 10.8 Å². The molecule has 26 heavy (non-hydrogen) atoms. The van der Waals surface area contributed by atoms with Crippen molar-refractivity contribution in [2.24, 2.45) is 4.99 Å². The molecule has 0 heterocycles. The standard InChI is InChI=1S/C21H29N3O2/c1-2-22-21(24-17-10-12-18(25)13-11-17)23-14-15-26-20-9-5-7-16-6-3-4-8-19(16)20/h3-9,17-18,25H,2,10-15H2,1H3,(H2,22,23,24). The molecule has 1 fully saturated rings. The summed E-state index contributed by atoms with van der Waals surface area (Å²) < 4.78 is 5.96. The van der Waals surface area contributed by atoms with E-state index in [0.717, 1.165) is 49.3 Å². The number of aliphatic hydroxyl groups is 1. The first kappa shape index (κ1) is 18.5. The van der Waals surface area contributed by atoms with Gasteiger partial charge in [-0.25, -0.2) is 4.99 Å². The molecule has 0 radical (unpaired) electrons. The Morgan fingerprint density at radius 1 is 1.12 bits per heavy atom. The summed E-state index contributed by atoms with van der Waals surface area (Å²) in [5.41, 5.74) is 0. The number of nitrogens with zero attached hydrogens (tertiary/aromatic N) is 1. The van der Waals surface area contributed by atoms with E-state index in [1.807, 2.05) is 24.3 Å². The van der Waals surface area contributed by atoms with Crippen LogP contribution < -0.4 is 15.4 Å². The van der Waals surface area contributed by atoms with Crippen LogP contribution in [0.15, 0.2) is 47.5 Å². The summed E-state index contributed by atoms with van der Waals surface area (Å²) in [6, 6.07) is 14.7. The number of hydrogen-bond donors (Lipinski definition) is 3. The first-order valence-electron chi connectivity index (χ1n) is 9.59. The average Bonchev–Trinajstić information content (AvgIpc) is 2.67. The third-order valence-electron chi connectivity index (χ3n) is 4.75. The summed E-state index contributed by atoms with van der Waals surface area (Å²) in [4.78, 5) is 4.63. The van der Waals surface area contributed by atoms with Gasteiger partial charge in [-0.15, -0.1) is 0 Å². The molecule has 0 bridgehead atoms.